The molecular weight excluding hydrogens is 428 g/mol. The topological polar surface area (TPSA) is 97.9 Å². The van der Waals surface area contributed by atoms with Crippen molar-refractivity contribution >= 4 is 34.5 Å². The van der Waals surface area contributed by atoms with E-state index in [-0.39, 0.29) is 23.2 Å². The number of anilines is 1. The van der Waals surface area contributed by atoms with Gasteiger partial charge >= 0.3 is 0 Å². The lowest BCUT2D eigenvalue weighted by atomic mass is 9.93. The van der Waals surface area contributed by atoms with Gasteiger partial charge in [-0.15, -0.1) is 0 Å². The first-order chi connectivity index (χ1) is 15.5. The molecule has 0 bridgehead atoms. The molecule has 0 spiro atoms. The summed E-state index contributed by atoms with van der Waals surface area (Å²) in [5.74, 6) is 0.181. The van der Waals surface area contributed by atoms with Crippen LogP contribution in [0.3, 0.4) is 0 Å². The van der Waals surface area contributed by atoms with Crippen LogP contribution in [-0.2, 0) is 7.05 Å². The van der Waals surface area contributed by atoms with Crippen LogP contribution >= 0.6 is 11.6 Å². The Hall–Kier alpha value is -3.23. The molecule has 3 aromatic heterocycles. The molecule has 0 aliphatic heterocycles. The van der Waals surface area contributed by atoms with E-state index in [1.165, 1.54) is 0 Å². The minimum absolute atomic E-state index is 0.160. The molecule has 1 amide bonds. The molecule has 0 saturated heterocycles. The Labute approximate surface area is 189 Å². The van der Waals surface area contributed by atoms with Gasteiger partial charge in [0.1, 0.15) is 5.15 Å². The molecule has 32 heavy (non-hydrogen) atoms. The number of aryl methyl sites for hydroxylation is 1. The van der Waals surface area contributed by atoms with Crippen molar-refractivity contribution in [2.75, 3.05) is 5.32 Å². The number of carbonyl (C=O) groups is 1. The first-order valence-corrected chi connectivity index (χ1v) is 11.0. The number of aromatic nitrogens is 5. The molecule has 1 aliphatic carbocycles. The van der Waals surface area contributed by atoms with Crippen molar-refractivity contribution in [3.05, 3.63) is 59.5 Å². The zero-order chi connectivity index (χ0) is 22.2. The largest absolute Gasteiger partial charge is 0.393 e. The second-order valence-electron chi connectivity index (χ2n) is 8.18. The zero-order valence-corrected chi connectivity index (χ0v) is 18.3. The highest BCUT2D eigenvalue weighted by Gasteiger charge is 2.26. The third-order valence-electron chi connectivity index (χ3n) is 5.91. The second-order valence-corrected chi connectivity index (χ2v) is 8.56. The van der Waals surface area contributed by atoms with Crippen LogP contribution in [0, 0.1) is 0 Å². The molecule has 9 heteroatoms. The zero-order valence-electron chi connectivity index (χ0n) is 17.6. The van der Waals surface area contributed by atoms with E-state index < -0.39 is 0 Å². The average Bonchev–Trinajstić information content (AvgIpc) is 3.37. The summed E-state index contributed by atoms with van der Waals surface area (Å²) in [4.78, 5) is 22.2. The molecule has 1 aliphatic rings. The van der Waals surface area contributed by atoms with E-state index in [9.17, 15) is 9.90 Å². The molecule has 3 heterocycles. The van der Waals surface area contributed by atoms with Crippen molar-refractivity contribution in [2.45, 2.75) is 37.8 Å². The summed E-state index contributed by atoms with van der Waals surface area (Å²) in [5.41, 5.74) is 3.52. The number of fused-ring (bicyclic) bond motifs is 1. The highest BCUT2D eigenvalue weighted by molar-refractivity contribution is 6.30. The predicted octanol–water partition coefficient (Wildman–Crippen LogP) is 4.21. The summed E-state index contributed by atoms with van der Waals surface area (Å²) in [7, 11) is 1.82. The number of nitrogens with one attached hydrogen (secondary N) is 1. The average molecular weight is 451 g/mol. The lowest BCUT2D eigenvalue weighted by molar-refractivity contribution is 0.102. The second kappa shape index (κ2) is 8.37. The maximum absolute atomic E-state index is 13.2. The van der Waals surface area contributed by atoms with Gasteiger partial charge < -0.3 is 9.67 Å². The van der Waals surface area contributed by atoms with Gasteiger partial charge in [-0.3, -0.25) is 14.8 Å². The SMILES string of the molecule is Cn1cc(-c2cc(C(=O)Nc3nc4ccccc4n3C3CCC(O)CC3)cc(Cl)n2)cn1. The number of nitrogens with zero attached hydrogens (tertiary/aromatic N) is 5. The van der Waals surface area contributed by atoms with Gasteiger partial charge in [-0.2, -0.15) is 5.10 Å². The van der Waals surface area contributed by atoms with Crippen LogP contribution in [-0.4, -0.2) is 41.4 Å². The fraction of sp³-hybridized carbons (Fsp3) is 0.304. The number of carbonyl (C=O) groups excluding carboxylic acids is 1. The Kier molecular flexibility index (Phi) is 5.40. The maximum atomic E-state index is 13.2. The molecular formula is C23H23ClN6O2. The molecule has 0 radical (unpaired) electrons. The predicted molar refractivity (Wildman–Crippen MR) is 123 cm³/mol. The van der Waals surface area contributed by atoms with Crippen LogP contribution in [0.2, 0.25) is 5.15 Å². The lowest BCUT2D eigenvalue weighted by Crippen LogP contribution is -2.23. The Balaban J connectivity index is 1.49. The Bertz CT molecular complexity index is 1290. The molecule has 1 aromatic carbocycles. The van der Waals surface area contributed by atoms with Gasteiger partial charge in [-0.1, -0.05) is 23.7 Å². The summed E-state index contributed by atoms with van der Waals surface area (Å²) in [6.45, 7) is 0. The van der Waals surface area contributed by atoms with Gasteiger partial charge in [0, 0.05) is 30.4 Å². The number of benzene rings is 1. The van der Waals surface area contributed by atoms with E-state index >= 15 is 0 Å². The van der Waals surface area contributed by atoms with Gasteiger partial charge in [-0.05, 0) is 49.9 Å². The number of hydrogen-bond acceptors (Lipinski definition) is 5. The van der Waals surface area contributed by atoms with Crippen molar-refractivity contribution in [3.8, 4) is 11.3 Å². The highest BCUT2D eigenvalue weighted by Crippen LogP contribution is 2.34. The van der Waals surface area contributed by atoms with Gasteiger partial charge in [-0.25, -0.2) is 9.97 Å². The minimum atomic E-state index is -0.313. The van der Waals surface area contributed by atoms with E-state index in [4.69, 9.17) is 11.6 Å². The Morgan fingerprint density at radius 2 is 1.94 bits per heavy atom. The van der Waals surface area contributed by atoms with Crippen molar-refractivity contribution in [1.82, 2.24) is 24.3 Å². The number of imidazole rings is 1. The Morgan fingerprint density at radius 1 is 1.16 bits per heavy atom. The summed E-state index contributed by atoms with van der Waals surface area (Å²) in [6.07, 6.45) is 6.36. The smallest absolute Gasteiger partial charge is 0.258 e. The monoisotopic (exact) mass is 450 g/mol. The van der Waals surface area contributed by atoms with E-state index in [0.717, 1.165) is 42.3 Å². The van der Waals surface area contributed by atoms with Crippen molar-refractivity contribution < 1.29 is 9.90 Å². The summed E-state index contributed by atoms with van der Waals surface area (Å²) in [5, 5.41) is 17.3. The van der Waals surface area contributed by atoms with Gasteiger partial charge in [0.05, 0.1) is 29.0 Å². The van der Waals surface area contributed by atoms with Crippen molar-refractivity contribution in [1.29, 1.82) is 0 Å². The van der Waals surface area contributed by atoms with Crippen LogP contribution in [0.15, 0.2) is 48.8 Å². The first kappa shape index (κ1) is 20.7. The summed E-state index contributed by atoms with van der Waals surface area (Å²) in [6, 6.07) is 11.2. The fourth-order valence-corrected chi connectivity index (χ4v) is 4.53. The molecule has 0 unspecified atom stereocenters. The van der Waals surface area contributed by atoms with Gasteiger partial charge in [0.25, 0.3) is 5.91 Å². The van der Waals surface area contributed by atoms with E-state index in [1.807, 2.05) is 37.5 Å². The molecule has 164 valence electrons. The summed E-state index contributed by atoms with van der Waals surface area (Å²) < 4.78 is 3.76. The van der Waals surface area contributed by atoms with Crippen molar-refractivity contribution in [2.24, 2.45) is 7.05 Å². The maximum Gasteiger partial charge on any atom is 0.258 e. The third kappa shape index (κ3) is 3.99. The molecule has 5 rings (SSSR count). The number of hydrogen-bond donors (Lipinski definition) is 2. The molecule has 8 nitrogen and oxygen atoms in total. The number of amides is 1. The van der Waals surface area contributed by atoms with Crippen LogP contribution in [0.25, 0.3) is 22.3 Å². The minimum Gasteiger partial charge on any atom is -0.393 e. The summed E-state index contributed by atoms with van der Waals surface area (Å²) >= 11 is 6.22. The van der Waals surface area contributed by atoms with Crippen LogP contribution in [0.5, 0.6) is 0 Å². The third-order valence-corrected chi connectivity index (χ3v) is 6.10. The molecule has 1 saturated carbocycles. The normalized spacial score (nSPS) is 18.7. The number of rotatable bonds is 4. The van der Waals surface area contributed by atoms with Gasteiger partial charge in [0.2, 0.25) is 5.95 Å². The Morgan fingerprint density at radius 3 is 2.69 bits per heavy atom. The standard InChI is InChI=1S/C23H23ClN6O2/c1-29-13-15(12-25-29)19-10-14(11-21(24)26-19)22(32)28-23-27-18-4-2-3-5-20(18)30(23)16-6-8-17(31)9-7-16/h2-5,10-13,16-17,31H,6-9H2,1H3,(H,27,28,32). The molecule has 1 fully saturated rings. The molecule has 2 N–H and O–H groups in total. The van der Waals surface area contributed by atoms with Gasteiger partial charge in [0.15, 0.2) is 0 Å². The molecule has 0 atom stereocenters. The van der Waals surface area contributed by atoms with Crippen LogP contribution in [0.4, 0.5) is 5.95 Å². The van der Waals surface area contributed by atoms with Crippen LogP contribution < -0.4 is 5.32 Å². The highest BCUT2D eigenvalue weighted by atomic mass is 35.5. The van der Waals surface area contributed by atoms with Crippen LogP contribution in [0.1, 0.15) is 42.1 Å². The van der Waals surface area contributed by atoms with E-state index in [2.05, 4.69) is 25.0 Å². The number of aliphatic hydroxyl groups excluding tert-OH is 1. The van der Waals surface area contributed by atoms with E-state index in [0.29, 0.717) is 17.2 Å². The van der Waals surface area contributed by atoms with E-state index in [1.54, 1.807) is 23.0 Å². The number of halogens is 1. The lowest BCUT2D eigenvalue weighted by Gasteiger charge is -2.28. The quantitative estimate of drug-likeness (QED) is 0.454. The molecule has 4 aromatic rings. The van der Waals surface area contributed by atoms with Crippen molar-refractivity contribution in [3.63, 3.8) is 0 Å². The first-order valence-electron chi connectivity index (χ1n) is 10.6. The number of pyridine rings is 1. The number of aliphatic hydroxyl groups is 1. The number of para-hydroxylation sites is 2. The fourth-order valence-electron chi connectivity index (χ4n) is 4.32.